The zero-order chi connectivity index (χ0) is 14.5. The van der Waals surface area contributed by atoms with Crippen LogP contribution in [0.4, 0.5) is 0 Å². The molecule has 0 bridgehead atoms. The summed E-state index contributed by atoms with van der Waals surface area (Å²) >= 11 is 1.62. The van der Waals surface area contributed by atoms with Gasteiger partial charge in [0.15, 0.2) is 5.76 Å². The summed E-state index contributed by atoms with van der Waals surface area (Å²) in [7, 11) is 3.35. The first-order valence-electron chi connectivity index (χ1n) is 6.36. The summed E-state index contributed by atoms with van der Waals surface area (Å²) in [5.74, 6) is 0.425. The van der Waals surface area contributed by atoms with Crippen molar-refractivity contribution in [3.05, 3.63) is 29.3 Å². The molecule has 0 saturated heterocycles. The van der Waals surface area contributed by atoms with Gasteiger partial charge in [-0.2, -0.15) is 0 Å². The zero-order valence-electron chi connectivity index (χ0n) is 11.8. The van der Waals surface area contributed by atoms with Gasteiger partial charge in [-0.15, -0.1) is 11.3 Å². The SMILES string of the molecule is COC(=O)C(C)CN(C)Cc1cc(-c2cccs2)on1. The lowest BCUT2D eigenvalue weighted by molar-refractivity contribution is -0.145. The molecule has 20 heavy (non-hydrogen) atoms. The molecule has 2 rings (SSSR count). The standard InChI is InChI=1S/C14H18N2O3S/c1-10(14(17)18-3)8-16(2)9-11-7-12(19-15-11)13-5-4-6-20-13/h4-7,10H,8-9H2,1-3H3. The largest absolute Gasteiger partial charge is 0.469 e. The number of aromatic nitrogens is 1. The highest BCUT2D eigenvalue weighted by Gasteiger charge is 2.16. The maximum absolute atomic E-state index is 11.4. The lowest BCUT2D eigenvalue weighted by Gasteiger charge is -2.18. The van der Waals surface area contributed by atoms with Crippen molar-refractivity contribution in [2.24, 2.45) is 5.92 Å². The van der Waals surface area contributed by atoms with Gasteiger partial charge in [0, 0.05) is 19.2 Å². The molecule has 0 aliphatic heterocycles. The number of hydrogen-bond acceptors (Lipinski definition) is 6. The van der Waals surface area contributed by atoms with E-state index in [1.165, 1.54) is 7.11 Å². The zero-order valence-corrected chi connectivity index (χ0v) is 12.6. The third kappa shape index (κ3) is 3.68. The minimum absolute atomic E-state index is 0.159. The average Bonchev–Trinajstić information content (AvgIpc) is 3.07. The van der Waals surface area contributed by atoms with Gasteiger partial charge in [0.25, 0.3) is 0 Å². The van der Waals surface area contributed by atoms with Crippen LogP contribution >= 0.6 is 11.3 Å². The first kappa shape index (κ1) is 14.7. The first-order valence-corrected chi connectivity index (χ1v) is 7.24. The summed E-state index contributed by atoms with van der Waals surface area (Å²) in [5.41, 5.74) is 0.855. The molecule has 2 heterocycles. The second-order valence-corrected chi connectivity index (χ2v) is 5.73. The van der Waals surface area contributed by atoms with Crippen LogP contribution in [0, 0.1) is 5.92 Å². The highest BCUT2D eigenvalue weighted by molar-refractivity contribution is 7.13. The van der Waals surface area contributed by atoms with E-state index in [4.69, 9.17) is 9.26 Å². The minimum Gasteiger partial charge on any atom is -0.469 e. The van der Waals surface area contributed by atoms with E-state index in [-0.39, 0.29) is 11.9 Å². The number of rotatable bonds is 6. The van der Waals surface area contributed by atoms with E-state index in [1.807, 2.05) is 42.5 Å². The quantitative estimate of drug-likeness (QED) is 0.767. The van der Waals surface area contributed by atoms with Crippen molar-refractivity contribution in [3.63, 3.8) is 0 Å². The van der Waals surface area contributed by atoms with Crippen LogP contribution in [0.1, 0.15) is 12.6 Å². The van der Waals surface area contributed by atoms with E-state index >= 15 is 0 Å². The summed E-state index contributed by atoms with van der Waals surface area (Å²) in [6.07, 6.45) is 0. The molecule has 6 heteroatoms. The summed E-state index contributed by atoms with van der Waals surface area (Å²) < 4.78 is 10.0. The van der Waals surface area contributed by atoms with Crippen molar-refractivity contribution in [1.29, 1.82) is 0 Å². The topological polar surface area (TPSA) is 55.6 Å². The fourth-order valence-electron chi connectivity index (χ4n) is 2.01. The van der Waals surface area contributed by atoms with Gasteiger partial charge in [-0.1, -0.05) is 18.1 Å². The van der Waals surface area contributed by atoms with E-state index in [9.17, 15) is 4.79 Å². The normalized spacial score (nSPS) is 12.6. The van der Waals surface area contributed by atoms with Crippen LogP contribution in [0.2, 0.25) is 0 Å². The van der Waals surface area contributed by atoms with Crippen molar-refractivity contribution < 1.29 is 14.1 Å². The number of methoxy groups -OCH3 is 1. The molecular weight excluding hydrogens is 276 g/mol. The number of hydrogen-bond donors (Lipinski definition) is 0. The third-order valence-corrected chi connectivity index (χ3v) is 3.83. The number of nitrogens with zero attached hydrogens (tertiary/aromatic N) is 2. The van der Waals surface area contributed by atoms with Crippen LogP contribution in [-0.4, -0.2) is 36.7 Å². The smallest absolute Gasteiger partial charge is 0.309 e. The Kier molecular flexibility index (Phi) is 4.92. The van der Waals surface area contributed by atoms with Gasteiger partial charge in [-0.05, 0) is 18.5 Å². The van der Waals surface area contributed by atoms with E-state index in [2.05, 4.69) is 5.16 Å². The van der Waals surface area contributed by atoms with E-state index < -0.39 is 0 Å². The van der Waals surface area contributed by atoms with Crippen LogP contribution in [-0.2, 0) is 16.1 Å². The van der Waals surface area contributed by atoms with E-state index in [0.29, 0.717) is 13.1 Å². The molecule has 2 aromatic heterocycles. The molecule has 0 radical (unpaired) electrons. The molecule has 2 aromatic rings. The summed E-state index contributed by atoms with van der Waals surface area (Å²) in [5, 5.41) is 6.06. The molecule has 0 N–H and O–H groups in total. The second kappa shape index (κ2) is 6.67. The van der Waals surface area contributed by atoms with Crippen molar-refractivity contribution in [1.82, 2.24) is 10.1 Å². The van der Waals surface area contributed by atoms with E-state index in [1.54, 1.807) is 11.3 Å². The van der Waals surface area contributed by atoms with Crippen molar-refractivity contribution >= 4 is 17.3 Å². The molecular formula is C14H18N2O3S. The molecule has 0 spiro atoms. The van der Waals surface area contributed by atoms with Crippen LogP contribution in [0.3, 0.4) is 0 Å². The first-order chi connectivity index (χ1) is 9.60. The number of carbonyl (C=O) groups excluding carboxylic acids is 1. The number of ether oxygens (including phenoxy) is 1. The predicted octanol–water partition coefficient (Wildman–Crippen LogP) is 2.64. The Balaban J connectivity index is 1.92. The fraction of sp³-hybridized carbons (Fsp3) is 0.429. The summed E-state index contributed by atoms with van der Waals surface area (Å²) in [4.78, 5) is 14.5. The van der Waals surface area contributed by atoms with Gasteiger partial charge in [-0.25, -0.2) is 0 Å². The predicted molar refractivity (Wildman–Crippen MR) is 77.3 cm³/mol. The number of thiophene rings is 1. The Labute approximate surface area is 122 Å². The van der Waals surface area contributed by atoms with Crippen LogP contribution in [0.25, 0.3) is 10.6 Å². The van der Waals surface area contributed by atoms with Crippen molar-refractivity contribution in [2.45, 2.75) is 13.5 Å². The molecule has 0 amide bonds. The van der Waals surface area contributed by atoms with E-state index in [0.717, 1.165) is 16.3 Å². The second-order valence-electron chi connectivity index (χ2n) is 4.78. The molecule has 0 aromatic carbocycles. The van der Waals surface area contributed by atoms with Gasteiger partial charge >= 0.3 is 5.97 Å². The van der Waals surface area contributed by atoms with Crippen LogP contribution < -0.4 is 0 Å². The van der Waals surface area contributed by atoms with Gasteiger partial charge in [0.2, 0.25) is 0 Å². The minimum atomic E-state index is -0.198. The fourth-order valence-corrected chi connectivity index (χ4v) is 2.68. The third-order valence-electron chi connectivity index (χ3n) is 2.94. The molecule has 1 atom stereocenters. The Morgan fingerprint density at radius 3 is 3.05 bits per heavy atom. The molecule has 5 nitrogen and oxygen atoms in total. The van der Waals surface area contributed by atoms with Gasteiger partial charge < -0.3 is 9.26 Å². The Morgan fingerprint density at radius 1 is 1.60 bits per heavy atom. The Hall–Kier alpha value is -1.66. The molecule has 0 saturated carbocycles. The molecule has 0 aliphatic carbocycles. The maximum atomic E-state index is 11.4. The summed E-state index contributed by atoms with van der Waals surface area (Å²) in [6, 6.07) is 5.91. The maximum Gasteiger partial charge on any atom is 0.309 e. The van der Waals surface area contributed by atoms with Crippen LogP contribution in [0.15, 0.2) is 28.1 Å². The van der Waals surface area contributed by atoms with Crippen molar-refractivity contribution in [3.8, 4) is 10.6 Å². The molecule has 1 unspecified atom stereocenters. The van der Waals surface area contributed by atoms with Crippen LogP contribution in [0.5, 0.6) is 0 Å². The molecule has 0 aliphatic rings. The van der Waals surface area contributed by atoms with Gasteiger partial charge in [0.1, 0.15) is 0 Å². The molecule has 0 fully saturated rings. The summed E-state index contributed by atoms with van der Waals surface area (Å²) in [6.45, 7) is 3.10. The average molecular weight is 294 g/mol. The monoisotopic (exact) mass is 294 g/mol. The lowest BCUT2D eigenvalue weighted by Crippen LogP contribution is -2.29. The van der Waals surface area contributed by atoms with Crippen molar-refractivity contribution in [2.75, 3.05) is 20.7 Å². The highest BCUT2D eigenvalue weighted by atomic mass is 32.1. The Morgan fingerprint density at radius 2 is 2.40 bits per heavy atom. The van der Waals surface area contributed by atoms with Gasteiger partial charge in [-0.3, -0.25) is 9.69 Å². The number of carbonyl (C=O) groups is 1. The van der Waals surface area contributed by atoms with Gasteiger partial charge in [0.05, 0.1) is 23.6 Å². The highest BCUT2D eigenvalue weighted by Crippen LogP contribution is 2.25. The lowest BCUT2D eigenvalue weighted by atomic mass is 10.1. The number of esters is 1. The molecule has 108 valence electrons. The Bertz CT molecular complexity index is 551.